The number of hydrogen-bond acceptors (Lipinski definition) is 2. The lowest BCUT2D eigenvalue weighted by Gasteiger charge is -2.20. The highest BCUT2D eigenvalue weighted by molar-refractivity contribution is 8.93. The number of fused-ring (bicyclic) bond motifs is 1. The molecule has 0 spiro atoms. The highest BCUT2D eigenvalue weighted by Gasteiger charge is 2.33. The molecule has 8 heteroatoms. The SMILES string of the molecule is Br.COc1ccc(C(=O)N=C2c3ccccc3CN2c2cccc(C(F)(F)F)c2)cc1. The van der Waals surface area contributed by atoms with Crippen LogP contribution in [0, 0.1) is 0 Å². The number of benzene rings is 3. The smallest absolute Gasteiger partial charge is 0.416 e. The molecule has 3 aromatic rings. The first-order chi connectivity index (χ1) is 14.4. The zero-order valence-electron chi connectivity index (χ0n) is 16.4. The van der Waals surface area contributed by atoms with Gasteiger partial charge in [0.2, 0.25) is 0 Å². The molecule has 4 rings (SSSR count). The molecule has 1 heterocycles. The second kappa shape index (κ2) is 8.93. The maximum absolute atomic E-state index is 13.2. The Morgan fingerprint density at radius 3 is 2.39 bits per heavy atom. The highest BCUT2D eigenvalue weighted by atomic mass is 79.9. The third kappa shape index (κ3) is 4.64. The molecule has 1 aliphatic rings. The van der Waals surface area contributed by atoms with Gasteiger partial charge in [0.25, 0.3) is 5.91 Å². The number of hydrogen-bond donors (Lipinski definition) is 0. The van der Waals surface area contributed by atoms with Crippen molar-refractivity contribution < 1.29 is 22.7 Å². The van der Waals surface area contributed by atoms with Crippen LogP contribution in [0.2, 0.25) is 0 Å². The molecule has 0 radical (unpaired) electrons. The first-order valence-corrected chi connectivity index (χ1v) is 9.17. The molecule has 1 aliphatic heterocycles. The lowest BCUT2D eigenvalue weighted by molar-refractivity contribution is -0.137. The quantitative estimate of drug-likeness (QED) is 0.459. The Kier molecular flexibility index (Phi) is 6.50. The number of amidine groups is 1. The lowest BCUT2D eigenvalue weighted by Crippen LogP contribution is -2.25. The number of alkyl halides is 3. The monoisotopic (exact) mass is 490 g/mol. The van der Waals surface area contributed by atoms with Gasteiger partial charge < -0.3 is 9.64 Å². The molecule has 0 saturated heterocycles. The van der Waals surface area contributed by atoms with Gasteiger partial charge in [0.1, 0.15) is 11.6 Å². The second-order valence-electron chi connectivity index (χ2n) is 6.76. The summed E-state index contributed by atoms with van der Waals surface area (Å²) in [4.78, 5) is 18.7. The van der Waals surface area contributed by atoms with Crippen molar-refractivity contribution in [2.75, 3.05) is 12.0 Å². The Morgan fingerprint density at radius 2 is 1.71 bits per heavy atom. The van der Waals surface area contributed by atoms with Crippen molar-refractivity contribution in [1.82, 2.24) is 0 Å². The fourth-order valence-electron chi connectivity index (χ4n) is 3.35. The van der Waals surface area contributed by atoms with Gasteiger partial charge in [0, 0.05) is 16.8 Å². The van der Waals surface area contributed by atoms with E-state index in [9.17, 15) is 18.0 Å². The van der Waals surface area contributed by atoms with Crippen molar-refractivity contribution in [3.8, 4) is 5.75 Å². The second-order valence-corrected chi connectivity index (χ2v) is 6.76. The van der Waals surface area contributed by atoms with E-state index in [1.807, 2.05) is 24.3 Å². The van der Waals surface area contributed by atoms with Gasteiger partial charge >= 0.3 is 6.18 Å². The topological polar surface area (TPSA) is 41.9 Å². The van der Waals surface area contributed by atoms with E-state index < -0.39 is 17.6 Å². The number of carbonyl (C=O) groups excluding carboxylic acids is 1. The number of ether oxygens (including phenoxy) is 1. The molecule has 0 fully saturated rings. The summed E-state index contributed by atoms with van der Waals surface area (Å²) < 4.78 is 44.7. The van der Waals surface area contributed by atoms with Gasteiger partial charge in [-0.05, 0) is 48.0 Å². The van der Waals surface area contributed by atoms with Gasteiger partial charge in [0.05, 0.1) is 19.2 Å². The van der Waals surface area contributed by atoms with Crippen LogP contribution in [0.5, 0.6) is 5.75 Å². The van der Waals surface area contributed by atoms with E-state index in [1.165, 1.54) is 13.2 Å². The van der Waals surface area contributed by atoms with Crippen LogP contribution < -0.4 is 9.64 Å². The maximum Gasteiger partial charge on any atom is 0.416 e. The van der Waals surface area contributed by atoms with Gasteiger partial charge in [-0.15, -0.1) is 17.0 Å². The number of aliphatic imine (C=N–C) groups is 1. The molecule has 0 bridgehead atoms. The molecule has 4 nitrogen and oxygen atoms in total. The van der Waals surface area contributed by atoms with Crippen LogP contribution in [0.3, 0.4) is 0 Å². The molecule has 160 valence electrons. The average molecular weight is 491 g/mol. The minimum atomic E-state index is -4.46. The lowest BCUT2D eigenvalue weighted by atomic mass is 10.1. The summed E-state index contributed by atoms with van der Waals surface area (Å²) in [6.45, 7) is 0.326. The molecule has 0 unspecified atom stereocenters. The first-order valence-electron chi connectivity index (χ1n) is 9.17. The summed E-state index contributed by atoms with van der Waals surface area (Å²) in [5.74, 6) is 0.447. The van der Waals surface area contributed by atoms with Gasteiger partial charge in [-0.3, -0.25) is 4.79 Å². The molecule has 1 amide bonds. The summed E-state index contributed by atoms with van der Waals surface area (Å²) in [5.41, 5.74) is 1.53. The summed E-state index contributed by atoms with van der Waals surface area (Å²) >= 11 is 0. The van der Waals surface area contributed by atoms with Gasteiger partial charge in [-0.1, -0.05) is 30.3 Å². The average Bonchev–Trinajstić information content (AvgIpc) is 3.12. The number of anilines is 1. The third-order valence-corrected chi connectivity index (χ3v) is 4.87. The summed E-state index contributed by atoms with van der Waals surface area (Å²) in [6.07, 6.45) is -4.46. The van der Waals surface area contributed by atoms with Crippen molar-refractivity contribution in [3.05, 3.63) is 95.1 Å². The number of halogens is 4. The fraction of sp³-hybridized carbons (Fsp3) is 0.130. The molecule has 31 heavy (non-hydrogen) atoms. The van der Waals surface area contributed by atoms with Crippen LogP contribution in [0.4, 0.5) is 18.9 Å². The van der Waals surface area contributed by atoms with E-state index >= 15 is 0 Å². The summed E-state index contributed by atoms with van der Waals surface area (Å²) in [7, 11) is 1.53. The van der Waals surface area contributed by atoms with E-state index in [1.54, 1.807) is 35.2 Å². The minimum Gasteiger partial charge on any atom is -0.497 e. The Balaban J connectivity index is 0.00000272. The largest absolute Gasteiger partial charge is 0.497 e. The molecule has 3 aromatic carbocycles. The first kappa shape index (κ1) is 22.6. The van der Waals surface area contributed by atoms with E-state index in [0.29, 0.717) is 29.4 Å². The van der Waals surface area contributed by atoms with Crippen LogP contribution in [-0.2, 0) is 12.7 Å². The number of amides is 1. The Bertz CT molecular complexity index is 1130. The number of methoxy groups -OCH3 is 1. The molecule has 0 saturated carbocycles. The van der Waals surface area contributed by atoms with E-state index in [4.69, 9.17) is 4.74 Å². The van der Waals surface area contributed by atoms with Crippen LogP contribution in [0.25, 0.3) is 0 Å². The van der Waals surface area contributed by atoms with Crippen LogP contribution >= 0.6 is 17.0 Å². The minimum absolute atomic E-state index is 0. The van der Waals surface area contributed by atoms with Crippen molar-refractivity contribution in [2.45, 2.75) is 12.7 Å². The fourth-order valence-corrected chi connectivity index (χ4v) is 3.35. The molecule has 0 atom stereocenters. The van der Waals surface area contributed by atoms with Crippen LogP contribution in [0.15, 0.2) is 77.8 Å². The number of rotatable bonds is 3. The molecule has 0 N–H and O–H groups in total. The van der Waals surface area contributed by atoms with Crippen molar-refractivity contribution in [2.24, 2.45) is 4.99 Å². The Hall–Kier alpha value is -3.13. The van der Waals surface area contributed by atoms with Crippen LogP contribution in [-0.4, -0.2) is 18.9 Å². The molecule has 0 aliphatic carbocycles. The Labute approximate surface area is 187 Å². The number of carbonyl (C=O) groups is 1. The predicted molar refractivity (Wildman–Crippen MR) is 118 cm³/mol. The Morgan fingerprint density at radius 1 is 1.00 bits per heavy atom. The standard InChI is InChI=1S/C23H17F3N2O2.BrH/c1-30-19-11-9-15(10-12-19)22(29)27-21-20-8-3-2-5-16(20)14-28(21)18-7-4-6-17(13-18)23(24,25)26;/h2-13H,14H2,1H3;1H. The van der Waals surface area contributed by atoms with Crippen LogP contribution in [0.1, 0.15) is 27.0 Å². The van der Waals surface area contributed by atoms with E-state index in [2.05, 4.69) is 4.99 Å². The summed E-state index contributed by atoms with van der Waals surface area (Å²) in [6, 6.07) is 18.9. The highest BCUT2D eigenvalue weighted by Crippen LogP contribution is 2.34. The maximum atomic E-state index is 13.2. The normalized spacial score (nSPS) is 14.2. The zero-order chi connectivity index (χ0) is 21.3. The van der Waals surface area contributed by atoms with Crippen molar-refractivity contribution in [1.29, 1.82) is 0 Å². The molecular weight excluding hydrogens is 473 g/mol. The molecule has 0 aromatic heterocycles. The summed E-state index contributed by atoms with van der Waals surface area (Å²) in [5, 5.41) is 0. The predicted octanol–water partition coefficient (Wildman–Crippen LogP) is 5.90. The number of nitrogens with zero attached hydrogens (tertiary/aromatic N) is 2. The zero-order valence-corrected chi connectivity index (χ0v) is 18.1. The van der Waals surface area contributed by atoms with Crippen molar-refractivity contribution >= 4 is 34.4 Å². The van der Waals surface area contributed by atoms with E-state index in [-0.39, 0.29) is 17.0 Å². The van der Waals surface area contributed by atoms with E-state index in [0.717, 1.165) is 23.3 Å². The van der Waals surface area contributed by atoms with Crippen molar-refractivity contribution in [3.63, 3.8) is 0 Å². The molecular formula is C23H18BrF3N2O2. The third-order valence-electron chi connectivity index (χ3n) is 4.87. The van der Waals surface area contributed by atoms with Gasteiger partial charge in [-0.25, -0.2) is 0 Å². The van der Waals surface area contributed by atoms with Gasteiger partial charge in [-0.2, -0.15) is 18.2 Å². The van der Waals surface area contributed by atoms with Gasteiger partial charge in [0.15, 0.2) is 0 Å².